The molecule has 0 fully saturated rings. The van der Waals surface area contributed by atoms with E-state index < -0.39 is 24.4 Å². The van der Waals surface area contributed by atoms with E-state index >= 15 is 0 Å². The van der Waals surface area contributed by atoms with Crippen LogP contribution in [0.2, 0.25) is 0 Å². The molecular weight excluding hydrogens is 432 g/mol. The first-order chi connectivity index (χ1) is 13.5. The largest absolute Gasteiger partial charge is 0.452 e. The first kappa shape index (κ1) is 19.2. The number of tetrazole rings is 1. The molecule has 1 aromatic heterocycles. The second-order valence-corrected chi connectivity index (χ2v) is 6.30. The number of rotatable bonds is 5. The van der Waals surface area contributed by atoms with E-state index in [4.69, 9.17) is 4.74 Å². The third-order valence-electron chi connectivity index (χ3n) is 3.47. The average molecular weight is 445 g/mol. The fourth-order valence-corrected chi connectivity index (χ4v) is 2.34. The molecular formula is C17H13BrN6O4. The molecule has 0 aliphatic heterocycles. The van der Waals surface area contributed by atoms with Crippen molar-refractivity contribution >= 4 is 33.7 Å². The second kappa shape index (κ2) is 8.86. The zero-order chi connectivity index (χ0) is 19.9. The Bertz CT molecular complexity index is 974. The number of hydrogen-bond acceptors (Lipinski definition) is 7. The van der Waals surface area contributed by atoms with Gasteiger partial charge in [0, 0.05) is 10.0 Å². The summed E-state index contributed by atoms with van der Waals surface area (Å²) in [5.41, 5.74) is 5.69. The molecule has 0 aliphatic carbocycles. The van der Waals surface area contributed by atoms with Crippen LogP contribution in [0.3, 0.4) is 0 Å². The van der Waals surface area contributed by atoms with Gasteiger partial charge in [0.25, 0.3) is 11.8 Å². The molecule has 11 heteroatoms. The SMILES string of the molecule is O=C(COC(=O)c1ccc(-n2cnnn2)cc1)NNC(=O)c1ccc(Br)cc1. The zero-order valence-corrected chi connectivity index (χ0v) is 15.8. The first-order valence-corrected chi connectivity index (χ1v) is 8.67. The molecule has 0 radical (unpaired) electrons. The maximum absolute atomic E-state index is 12.0. The monoisotopic (exact) mass is 444 g/mol. The lowest BCUT2D eigenvalue weighted by Gasteiger charge is -2.08. The van der Waals surface area contributed by atoms with E-state index in [0.717, 1.165) is 4.47 Å². The summed E-state index contributed by atoms with van der Waals surface area (Å²) in [7, 11) is 0. The Morgan fingerprint density at radius 1 is 0.964 bits per heavy atom. The van der Waals surface area contributed by atoms with Gasteiger partial charge in [-0.25, -0.2) is 9.48 Å². The molecule has 3 rings (SSSR count). The average Bonchev–Trinajstić information content (AvgIpc) is 3.25. The molecule has 2 aromatic carbocycles. The van der Waals surface area contributed by atoms with Gasteiger partial charge in [-0.2, -0.15) is 0 Å². The lowest BCUT2D eigenvalue weighted by molar-refractivity contribution is -0.125. The summed E-state index contributed by atoms with van der Waals surface area (Å²) < 4.78 is 7.17. The Morgan fingerprint density at radius 3 is 2.29 bits per heavy atom. The number of benzene rings is 2. The van der Waals surface area contributed by atoms with Crippen molar-refractivity contribution in [2.45, 2.75) is 0 Å². The minimum absolute atomic E-state index is 0.253. The fourth-order valence-electron chi connectivity index (χ4n) is 2.08. The van der Waals surface area contributed by atoms with Gasteiger partial charge in [-0.05, 0) is 59.0 Å². The van der Waals surface area contributed by atoms with Crippen molar-refractivity contribution in [2.75, 3.05) is 6.61 Å². The first-order valence-electron chi connectivity index (χ1n) is 7.88. The predicted molar refractivity (Wildman–Crippen MR) is 99.2 cm³/mol. The van der Waals surface area contributed by atoms with Crippen molar-refractivity contribution in [3.8, 4) is 5.69 Å². The third-order valence-corrected chi connectivity index (χ3v) is 4.00. The molecule has 1 heterocycles. The predicted octanol–water partition coefficient (Wildman–Crippen LogP) is 1.04. The second-order valence-electron chi connectivity index (χ2n) is 5.39. The number of nitrogens with one attached hydrogen (secondary N) is 2. The topological polar surface area (TPSA) is 128 Å². The summed E-state index contributed by atoms with van der Waals surface area (Å²) in [5, 5.41) is 10.8. The molecule has 28 heavy (non-hydrogen) atoms. The van der Waals surface area contributed by atoms with Gasteiger partial charge < -0.3 is 4.74 Å². The molecule has 0 atom stereocenters. The fraction of sp³-hybridized carbons (Fsp3) is 0.0588. The quantitative estimate of drug-likeness (QED) is 0.444. The van der Waals surface area contributed by atoms with Gasteiger partial charge in [0.15, 0.2) is 6.61 Å². The molecule has 0 aliphatic rings. The van der Waals surface area contributed by atoms with Crippen molar-refractivity contribution in [3.05, 3.63) is 70.5 Å². The van der Waals surface area contributed by atoms with Crippen LogP contribution in [0.25, 0.3) is 5.69 Å². The van der Waals surface area contributed by atoms with E-state index in [-0.39, 0.29) is 5.56 Å². The highest BCUT2D eigenvalue weighted by atomic mass is 79.9. The maximum Gasteiger partial charge on any atom is 0.338 e. The van der Waals surface area contributed by atoms with Gasteiger partial charge in [0.1, 0.15) is 6.33 Å². The van der Waals surface area contributed by atoms with Crippen molar-refractivity contribution in [1.29, 1.82) is 0 Å². The van der Waals surface area contributed by atoms with Crippen molar-refractivity contribution in [3.63, 3.8) is 0 Å². The van der Waals surface area contributed by atoms with Crippen LogP contribution in [0.15, 0.2) is 59.3 Å². The Morgan fingerprint density at radius 2 is 1.64 bits per heavy atom. The Hall–Kier alpha value is -3.60. The van der Waals surface area contributed by atoms with Gasteiger partial charge >= 0.3 is 5.97 Å². The van der Waals surface area contributed by atoms with E-state index in [0.29, 0.717) is 11.3 Å². The minimum Gasteiger partial charge on any atom is -0.452 e. The molecule has 10 nitrogen and oxygen atoms in total. The molecule has 0 saturated heterocycles. The van der Waals surface area contributed by atoms with Crippen LogP contribution in [0, 0.1) is 0 Å². The zero-order valence-electron chi connectivity index (χ0n) is 14.2. The minimum atomic E-state index is -0.683. The Balaban J connectivity index is 1.45. The number of hydrogen-bond donors (Lipinski definition) is 2. The van der Waals surface area contributed by atoms with Gasteiger partial charge in [-0.3, -0.25) is 20.4 Å². The molecule has 0 unspecified atom stereocenters. The van der Waals surface area contributed by atoms with Crippen LogP contribution in [-0.2, 0) is 9.53 Å². The highest BCUT2D eigenvalue weighted by molar-refractivity contribution is 9.10. The van der Waals surface area contributed by atoms with Crippen molar-refractivity contribution in [1.82, 2.24) is 31.1 Å². The molecule has 2 N–H and O–H groups in total. The van der Waals surface area contributed by atoms with Gasteiger partial charge in [0.2, 0.25) is 0 Å². The van der Waals surface area contributed by atoms with E-state index in [1.165, 1.54) is 23.1 Å². The number of ether oxygens (including phenoxy) is 1. The number of carbonyl (C=O) groups excluding carboxylic acids is 3. The van der Waals surface area contributed by atoms with E-state index in [2.05, 4.69) is 42.3 Å². The van der Waals surface area contributed by atoms with Crippen LogP contribution in [0.5, 0.6) is 0 Å². The van der Waals surface area contributed by atoms with E-state index in [1.807, 2.05) is 0 Å². The number of esters is 1. The smallest absolute Gasteiger partial charge is 0.338 e. The summed E-state index contributed by atoms with van der Waals surface area (Å²) in [6.45, 7) is -0.547. The van der Waals surface area contributed by atoms with Gasteiger partial charge in [0.05, 0.1) is 11.3 Å². The van der Waals surface area contributed by atoms with Crippen molar-refractivity contribution < 1.29 is 19.1 Å². The van der Waals surface area contributed by atoms with Crippen LogP contribution in [0.4, 0.5) is 0 Å². The summed E-state index contributed by atoms with van der Waals surface area (Å²) in [6, 6.07) is 12.9. The summed E-state index contributed by atoms with van der Waals surface area (Å²) in [4.78, 5) is 35.6. The van der Waals surface area contributed by atoms with Gasteiger partial charge in [-0.1, -0.05) is 15.9 Å². The van der Waals surface area contributed by atoms with E-state index in [9.17, 15) is 14.4 Å². The highest BCUT2D eigenvalue weighted by Gasteiger charge is 2.12. The number of amides is 2. The molecule has 142 valence electrons. The summed E-state index contributed by atoms with van der Waals surface area (Å²) in [5.74, 6) is -1.85. The number of nitrogens with zero attached hydrogens (tertiary/aromatic N) is 4. The lowest BCUT2D eigenvalue weighted by Crippen LogP contribution is -2.43. The number of hydrazine groups is 1. The standard InChI is InChI=1S/C17H13BrN6O4/c18-13-5-1-11(2-6-13)16(26)21-20-15(25)9-28-17(27)12-3-7-14(8-4-12)24-10-19-22-23-24/h1-8,10H,9H2,(H,20,25)(H,21,26). The Labute approximate surface area is 167 Å². The molecule has 0 saturated carbocycles. The lowest BCUT2D eigenvalue weighted by atomic mass is 10.2. The molecule has 0 spiro atoms. The number of halogens is 1. The van der Waals surface area contributed by atoms with Crippen LogP contribution in [0.1, 0.15) is 20.7 Å². The number of aromatic nitrogens is 4. The Kier molecular flexibility index (Phi) is 6.07. The van der Waals surface area contributed by atoms with Gasteiger partial charge in [-0.15, -0.1) is 5.10 Å². The highest BCUT2D eigenvalue weighted by Crippen LogP contribution is 2.10. The normalized spacial score (nSPS) is 10.2. The number of carbonyl (C=O) groups is 3. The van der Waals surface area contributed by atoms with Crippen LogP contribution >= 0.6 is 15.9 Å². The molecule has 2 amide bonds. The molecule has 0 bridgehead atoms. The third kappa shape index (κ3) is 4.98. The summed E-state index contributed by atoms with van der Waals surface area (Å²) >= 11 is 3.26. The molecule has 3 aromatic rings. The van der Waals surface area contributed by atoms with E-state index in [1.54, 1.807) is 36.4 Å². The van der Waals surface area contributed by atoms with Crippen LogP contribution < -0.4 is 10.9 Å². The van der Waals surface area contributed by atoms with Crippen molar-refractivity contribution in [2.24, 2.45) is 0 Å². The van der Waals surface area contributed by atoms with Crippen LogP contribution in [-0.4, -0.2) is 44.6 Å². The maximum atomic E-state index is 12.0. The summed E-state index contributed by atoms with van der Waals surface area (Å²) in [6.07, 6.45) is 1.42.